The van der Waals surface area contributed by atoms with Gasteiger partial charge in [0.25, 0.3) is 5.56 Å². The second kappa shape index (κ2) is 10.8. The molecule has 2 aromatic carbocycles. The van der Waals surface area contributed by atoms with E-state index in [2.05, 4.69) is 33.9 Å². The Kier molecular flexibility index (Phi) is 7.86. The Morgan fingerprint density at radius 1 is 1.09 bits per heavy atom. The summed E-state index contributed by atoms with van der Waals surface area (Å²) in [5.41, 5.74) is 2.78. The molecule has 1 aliphatic rings. The van der Waals surface area contributed by atoms with E-state index in [0.717, 1.165) is 11.3 Å². The van der Waals surface area contributed by atoms with E-state index in [9.17, 15) is 9.59 Å². The molecule has 1 aromatic heterocycles. The van der Waals surface area contributed by atoms with E-state index >= 15 is 0 Å². The Bertz CT molecular complexity index is 1230. The third-order valence-corrected chi connectivity index (χ3v) is 7.84. The molecule has 4 rings (SSSR count). The van der Waals surface area contributed by atoms with E-state index in [1.807, 2.05) is 30.3 Å². The van der Waals surface area contributed by atoms with Gasteiger partial charge in [-0.05, 0) is 31.5 Å². The van der Waals surface area contributed by atoms with Gasteiger partial charge in [0.2, 0.25) is 5.91 Å². The third kappa shape index (κ3) is 5.59. The SMILES string of the molecule is Cc1nc(SC(C)c2ccccc2)[nH]c(=O)c1CC(=O)N1CCN(c2cccc(Cl)c2Cl)CC1. The lowest BCUT2D eigenvalue weighted by Gasteiger charge is -2.36. The zero-order chi connectivity index (χ0) is 24.2. The molecule has 1 amide bonds. The number of thioether (sulfide) groups is 1. The summed E-state index contributed by atoms with van der Waals surface area (Å²) in [5.74, 6) is -0.0784. The van der Waals surface area contributed by atoms with Gasteiger partial charge in [-0.3, -0.25) is 9.59 Å². The van der Waals surface area contributed by atoms with Crippen LogP contribution in [0.3, 0.4) is 0 Å². The number of anilines is 1. The van der Waals surface area contributed by atoms with Crippen molar-refractivity contribution >= 4 is 46.6 Å². The van der Waals surface area contributed by atoms with Crippen LogP contribution in [0.1, 0.15) is 29.0 Å². The predicted octanol–water partition coefficient (Wildman–Crippen LogP) is 5.13. The molecule has 1 aliphatic heterocycles. The first-order valence-corrected chi connectivity index (χ1v) is 12.7. The van der Waals surface area contributed by atoms with Crippen LogP contribution in [0.25, 0.3) is 0 Å². The fraction of sp³-hybridized carbons (Fsp3) is 0.320. The molecule has 0 radical (unpaired) electrons. The minimum Gasteiger partial charge on any atom is -0.367 e. The van der Waals surface area contributed by atoms with Crippen molar-refractivity contribution < 1.29 is 4.79 Å². The maximum Gasteiger partial charge on any atom is 0.255 e. The number of hydrogen-bond acceptors (Lipinski definition) is 5. The summed E-state index contributed by atoms with van der Waals surface area (Å²) < 4.78 is 0. The normalized spacial score (nSPS) is 14.8. The highest BCUT2D eigenvalue weighted by Crippen LogP contribution is 2.33. The number of amides is 1. The maximum absolute atomic E-state index is 13.0. The second-order valence-electron chi connectivity index (χ2n) is 8.22. The number of aromatic amines is 1. The number of aryl methyl sites for hydroxylation is 1. The smallest absolute Gasteiger partial charge is 0.255 e. The molecule has 6 nitrogen and oxygen atoms in total. The molecule has 0 aliphatic carbocycles. The van der Waals surface area contributed by atoms with E-state index in [-0.39, 0.29) is 23.1 Å². The monoisotopic (exact) mass is 516 g/mol. The van der Waals surface area contributed by atoms with Gasteiger partial charge in [-0.1, -0.05) is 71.4 Å². The summed E-state index contributed by atoms with van der Waals surface area (Å²) in [6.07, 6.45) is 0.0330. The summed E-state index contributed by atoms with van der Waals surface area (Å²) in [5, 5.41) is 1.74. The number of piperazine rings is 1. The standard InChI is InChI=1S/C25H26Cl2N4O2S/c1-16-19(24(33)29-25(28-16)34-17(2)18-7-4-3-5-8-18)15-22(32)31-13-11-30(12-14-31)21-10-6-9-20(26)23(21)27/h3-10,17H,11-15H2,1-2H3,(H,28,29,33). The van der Waals surface area contributed by atoms with Crippen LogP contribution in [-0.2, 0) is 11.2 Å². The lowest BCUT2D eigenvalue weighted by Crippen LogP contribution is -2.49. The molecule has 1 fully saturated rings. The summed E-state index contributed by atoms with van der Waals surface area (Å²) in [6.45, 7) is 6.25. The molecule has 0 bridgehead atoms. The van der Waals surface area contributed by atoms with Crippen molar-refractivity contribution in [2.24, 2.45) is 0 Å². The lowest BCUT2D eigenvalue weighted by molar-refractivity contribution is -0.130. The van der Waals surface area contributed by atoms with E-state index in [4.69, 9.17) is 23.2 Å². The first-order valence-electron chi connectivity index (χ1n) is 11.1. The van der Waals surface area contributed by atoms with Gasteiger partial charge in [0, 0.05) is 42.7 Å². The van der Waals surface area contributed by atoms with E-state index in [0.29, 0.717) is 52.6 Å². The van der Waals surface area contributed by atoms with Crippen LogP contribution >= 0.6 is 35.0 Å². The number of halogens is 2. The number of carbonyl (C=O) groups is 1. The minimum atomic E-state index is -0.257. The van der Waals surface area contributed by atoms with Crippen molar-refractivity contribution in [2.75, 3.05) is 31.1 Å². The second-order valence-corrected chi connectivity index (χ2v) is 10.3. The van der Waals surface area contributed by atoms with Gasteiger partial charge in [0.05, 0.1) is 22.2 Å². The van der Waals surface area contributed by atoms with Crippen molar-refractivity contribution in [3.05, 3.63) is 85.8 Å². The van der Waals surface area contributed by atoms with Gasteiger partial charge in [-0.2, -0.15) is 0 Å². The number of nitrogens with one attached hydrogen (secondary N) is 1. The Morgan fingerprint density at radius 2 is 1.79 bits per heavy atom. The number of aromatic nitrogens is 2. The predicted molar refractivity (Wildman–Crippen MR) is 139 cm³/mol. The van der Waals surface area contributed by atoms with Gasteiger partial charge in [-0.15, -0.1) is 0 Å². The Morgan fingerprint density at radius 3 is 2.47 bits per heavy atom. The van der Waals surface area contributed by atoms with Crippen molar-refractivity contribution in [1.82, 2.24) is 14.9 Å². The van der Waals surface area contributed by atoms with Crippen molar-refractivity contribution in [3.63, 3.8) is 0 Å². The van der Waals surface area contributed by atoms with Crippen LogP contribution in [-0.4, -0.2) is 47.0 Å². The maximum atomic E-state index is 13.0. The van der Waals surface area contributed by atoms with Gasteiger partial charge >= 0.3 is 0 Å². The molecule has 3 aromatic rings. The van der Waals surface area contributed by atoms with Crippen LogP contribution in [0.5, 0.6) is 0 Å². The molecule has 9 heteroatoms. The van der Waals surface area contributed by atoms with E-state index in [1.165, 1.54) is 11.8 Å². The minimum absolute atomic E-state index is 0.0330. The van der Waals surface area contributed by atoms with Crippen molar-refractivity contribution in [2.45, 2.75) is 30.7 Å². The Labute approximate surface area is 213 Å². The summed E-state index contributed by atoms with van der Waals surface area (Å²) >= 11 is 14.0. The number of rotatable bonds is 6. The number of hydrogen-bond donors (Lipinski definition) is 1. The number of nitrogens with zero attached hydrogens (tertiary/aromatic N) is 3. The van der Waals surface area contributed by atoms with Crippen LogP contribution in [0.2, 0.25) is 10.0 Å². The molecule has 0 spiro atoms. The number of H-pyrrole nitrogens is 1. The van der Waals surface area contributed by atoms with Crippen molar-refractivity contribution in [3.8, 4) is 0 Å². The number of carbonyl (C=O) groups excluding carboxylic acids is 1. The molecule has 2 heterocycles. The first-order chi connectivity index (χ1) is 16.3. The first kappa shape index (κ1) is 24.6. The molecular formula is C25H26Cl2N4O2S. The summed E-state index contributed by atoms with van der Waals surface area (Å²) in [6, 6.07) is 15.6. The topological polar surface area (TPSA) is 69.3 Å². The average molecular weight is 517 g/mol. The van der Waals surface area contributed by atoms with Gasteiger partial charge in [-0.25, -0.2) is 4.98 Å². The highest BCUT2D eigenvalue weighted by atomic mass is 35.5. The van der Waals surface area contributed by atoms with Crippen LogP contribution in [0.4, 0.5) is 5.69 Å². The van der Waals surface area contributed by atoms with Gasteiger partial charge in [0.15, 0.2) is 5.16 Å². The fourth-order valence-electron chi connectivity index (χ4n) is 4.00. The van der Waals surface area contributed by atoms with Crippen LogP contribution in [0.15, 0.2) is 58.5 Å². The fourth-order valence-corrected chi connectivity index (χ4v) is 5.39. The quantitative estimate of drug-likeness (QED) is 0.363. The highest BCUT2D eigenvalue weighted by Gasteiger charge is 2.24. The average Bonchev–Trinajstić information content (AvgIpc) is 2.83. The van der Waals surface area contributed by atoms with E-state index in [1.54, 1.807) is 17.9 Å². The van der Waals surface area contributed by atoms with Crippen molar-refractivity contribution in [1.29, 1.82) is 0 Å². The highest BCUT2D eigenvalue weighted by molar-refractivity contribution is 7.99. The third-order valence-electron chi connectivity index (χ3n) is 5.99. The molecule has 1 atom stereocenters. The largest absolute Gasteiger partial charge is 0.367 e. The molecule has 1 saturated heterocycles. The van der Waals surface area contributed by atoms with Gasteiger partial charge in [0.1, 0.15) is 0 Å². The zero-order valence-electron chi connectivity index (χ0n) is 19.1. The van der Waals surface area contributed by atoms with E-state index < -0.39 is 0 Å². The lowest BCUT2D eigenvalue weighted by atomic mass is 10.1. The molecule has 1 unspecified atom stereocenters. The molecule has 34 heavy (non-hydrogen) atoms. The summed E-state index contributed by atoms with van der Waals surface area (Å²) in [7, 11) is 0. The zero-order valence-corrected chi connectivity index (χ0v) is 21.4. The Hall–Kier alpha value is -2.48. The molecule has 178 valence electrons. The Balaban J connectivity index is 1.38. The van der Waals surface area contributed by atoms with Crippen LogP contribution in [0, 0.1) is 6.92 Å². The molecule has 0 saturated carbocycles. The number of benzene rings is 2. The van der Waals surface area contributed by atoms with Gasteiger partial charge < -0.3 is 14.8 Å². The summed E-state index contributed by atoms with van der Waals surface area (Å²) in [4.78, 5) is 37.1. The molecule has 1 N–H and O–H groups in total. The molecular weight excluding hydrogens is 491 g/mol. The van der Waals surface area contributed by atoms with Crippen LogP contribution < -0.4 is 10.5 Å².